The summed E-state index contributed by atoms with van der Waals surface area (Å²) in [5, 5.41) is 10.3. The smallest absolute Gasteiger partial charge is 0.0705 e. The summed E-state index contributed by atoms with van der Waals surface area (Å²) in [4.78, 5) is 4.45. The summed E-state index contributed by atoms with van der Waals surface area (Å²) in [6.07, 6.45) is 0.660. The molecule has 0 aliphatic rings. The van der Waals surface area contributed by atoms with E-state index in [9.17, 15) is 0 Å². The minimum Gasteiger partial charge on any atom is -0.394 e. The van der Waals surface area contributed by atoms with Crippen LogP contribution in [0.4, 0.5) is 0 Å². The average Bonchev–Trinajstić information content (AvgIpc) is 2.29. The topological polar surface area (TPSA) is 59.1 Å². The lowest BCUT2D eigenvalue weighted by atomic mass is 9.94. The molecule has 0 aliphatic carbocycles. The third-order valence-electron chi connectivity index (χ3n) is 2.86. The van der Waals surface area contributed by atoms with E-state index < -0.39 is 5.54 Å². The molecule has 0 spiro atoms. The minimum atomic E-state index is -0.564. The Morgan fingerprint density at radius 1 is 1.29 bits per heavy atom. The van der Waals surface area contributed by atoms with Gasteiger partial charge in [0.05, 0.1) is 12.1 Å². The first kappa shape index (κ1) is 12.0. The summed E-state index contributed by atoms with van der Waals surface area (Å²) in [5.74, 6) is 0. The lowest BCUT2D eigenvalue weighted by Gasteiger charge is -2.21. The number of rotatable bonds is 3. The van der Waals surface area contributed by atoms with E-state index in [2.05, 4.69) is 17.1 Å². The molecule has 3 heteroatoms. The molecule has 1 aromatic heterocycles. The zero-order valence-electron chi connectivity index (χ0n) is 10.3. The Balaban J connectivity index is 2.35. The van der Waals surface area contributed by atoms with E-state index >= 15 is 0 Å². The van der Waals surface area contributed by atoms with Gasteiger partial charge in [0.25, 0.3) is 0 Å². The van der Waals surface area contributed by atoms with Crippen LogP contribution in [0.3, 0.4) is 0 Å². The zero-order valence-corrected chi connectivity index (χ0v) is 10.3. The van der Waals surface area contributed by atoms with Crippen molar-refractivity contribution < 1.29 is 5.11 Å². The second-order valence-electron chi connectivity index (χ2n) is 4.97. The van der Waals surface area contributed by atoms with Crippen molar-refractivity contribution in [2.45, 2.75) is 25.8 Å². The van der Waals surface area contributed by atoms with Gasteiger partial charge in [0.1, 0.15) is 0 Å². The number of aryl methyl sites for hydroxylation is 1. The van der Waals surface area contributed by atoms with Gasteiger partial charge < -0.3 is 10.8 Å². The number of nitrogens with zero attached hydrogens (tertiary/aromatic N) is 1. The highest BCUT2D eigenvalue weighted by atomic mass is 16.3. The summed E-state index contributed by atoms with van der Waals surface area (Å²) in [5.41, 5.74) is 8.53. The van der Waals surface area contributed by atoms with Crippen molar-refractivity contribution in [2.24, 2.45) is 5.73 Å². The van der Waals surface area contributed by atoms with Crippen molar-refractivity contribution in [1.82, 2.24) is 4.98 Å². The third kappa shape index (κ3) is 2.81. The van der Waals surface area contributed by atoms with Crippen LogP contribution in [0.1, 0.15) is 18.2 Å². The Labute approximate surface area is 101 Å². The summed E-state index contributed by atoms with van der Waals surface area (Å²) >= 11 is 0. The highest BCUT2D eigenvalue weighted by Crippen LogP contribution is 2.17. The summed E-state index contributed by atoms with van der Waals surface area (Å²) in [6.45, 7) is 3.82. The van der Waals surface area contributed by atoms with Crippen LogP contribution in [-0.2, 0) is 6.42 Å². The SMILES string of the molecule is Cc1ccc2cc(CC(C)(N)CO)ccc2n1. The van der Waals surface area contributed by atoms with Crippen LogP contribution in [0.2, 0.25) is 0 Å². The van der Waals surface area contributed by atoms with Crippen LogP contribution in [-0.4, -0.2) is 22.2 Å². The van der Waals surface area contributed by atoms with Crippen LogP contribution in [0.25, 0.3) is 10.9 Å². The summed E-state index contributed by atoms with van der Waals surface area (Å²) in [7, 11) is 0. The molecule has 1 heterocycles. The predicted octanol–water partition coefficient (Wildman–Crippen LogP) is 1.80. The molecule has 90 valence electrons. The third-order valence-corrected chi connectivity index (χ3v) is 2.86. The maximum absolute atomic E-state index is 9.17. The fourth-order valence-electron chi connectivity index (χ4n) is 1.91. The molecule has 0 bridgehead atoms. The van der Waals surface area contributed by atoms with E-state index in [1.807, 2.05) is 32.0 Å². The van der Waals surface area contributed by atoms with Gasteiger partial charge in [-0.3, -0.25) is 4.98 Å². The Hall–Kier alpha value is -1.45. The van der Waals surface area contributed by atoms with E-state index in [0.29, 0.717) is 6.42 Å². The van der Waals surface area contributed by atoms with E-state index in [4.69, 9.17) is 10.8 Å². The Kier molecular flexibility index (Phi) is 3.13. The number of fused-ring (bicyclic) bond motifs is 1. The van der Waals surface area contributed by atoms with Gasteiger partial charge in [-0.05, 0) is 44.0 Å². The lowest BCUT2D eigenvalue weighted by Crippen LogP contribution is -2.42. The highest BCUT2D eigenvalue weighted by molar-refractivity contribution is 5.79. The van der Waals surface area contributed by atoms with Gasteiger partial charge in [-0.1, -0.05) is 12.1 Å². The first-order chi connectivity index (χ1) is 8.00. The van der Waals surface area contributed by atoms with Gasteiger partial charge in [0.2, 0.25) is 0 Å². The van der Waals surface area contributed by atoms with E-state index in [-0.39, 0.29) is 6.61 Å². The molecule has 1 atom stereocenters. The zero-order chi connectivity index (χ0) is 12.5. The predicted molar refractivity (Wildman–Crippen MR) is 69.9 cm³/mol. The van der Waals surface area contributed by atoms with Gasteiger partial charge in [-0.2, -0.15) is 0 Å². The van der Waals surface area contributed by atoms with Gasteiger partial charge in [0.15, 0.2) is 0 Å². The van der Waals surface area contributed by atoms with Crippen LogP contribution < -0.4 is 5.73 Å². The van der Waals surface area contributed by atoms with Crippen molar-refractivity contribution in [2.75, 3.05) is 6.61 Å². The van der Waals surface area contributed by atoms with Gasteiger partial charge >= 0.3 is 0 Å². The molecule has 1 aromatic carbocycles. The lowest BCUT2D eigenvalue weighted by molar-refractivity contribution is 0.208. The number of aliphatic hydroxyl groups excluding tert-OH is 1. The maximum Gasteiger partial charge on any atom is 0.0705 e. The molecule has 0 saturated carbocycles. The van der Waals surface area contributed by atoms with Crippen LogP contribution in [0, 0.1) is 6.92 Å². The van der Waals surface area contributed by atoms with Gasteiger partial charge in [0, 0.05) is 16.6 Å². The fourth-order valence-corrected chi connectivity index (χ4v) is 1.91. The Morgan fingerprint density at radius 3 is 2.76 bits per heavy atom. The maximum atomic E-state index is 9.17. The van der Waals surface area contributed by atoms with Crippen molar-refractivity contribution in [3.63, 3.8) is 0 Å². The molecule has 3 nitrogen and oxygen atoms in total. The van der Waals surface area contributed by atoms with Crippen molar-refractivity contribution in [1.29, 1.82) is 0 Å². The molecule has 0 fully saturated rings. The van der Waals surface area contributed by atoms with E-state index in [0.717, 1.165) is 22.2 Å². The van der Waals surface area contributed by atoms with Crippen molar-refractivity contribution in [3.8, 4) is 0 Å². The van der Waals surface area contributed by atoms with Crippen LogP contribution >= 0.6 is 0 Å². The van der Waals surface area contributed by atoms with E-state index in [1.54, 1.807) is 0 Å². The molecule has 0 amide bonds. The second-order valence-corrected chi connectivity index (χ2v) is 4.97. The molecule has 0 aliphatic heterocycles. The number of benzene rings is 1. The normalized spacial score (nSPS) is 14.8. The second kappa shape index (κ2) is 4.43. The van der Waals surface area contributed by atoms with Crippen LogP contribution in [0.15, 0.2) is 30.3 Å². The van der Waals surface area contributed by atoms with E-state index in [1.165, 1.54) is 0 Å². The van der Waals surface area contributed by atoms with Gasteiger partial charge in [-0.25, -0.2) is 0 Å². The Bertz CT molecular complexity index is 535. The molecule has 0 radical (unpaired) electrons. The number of aliphatic hydroxyl groups is 1. The first-order valence-electron chi connectivity index (χ1n) is 5.76. The summed E-state index contributed by atoms with van der Waals surface area (Å²) in [6, 6.07) is 10.2. The van der Waals surface area contributed by atoms with Gasteiger partial charge in [-0.15, -0.1) is 0 Å². The minimum absolute atomic E-state index is 0.0167. The molecule has 2 rings (SSSR count). The van der Waals surface area contributed by atoms with Crippen molar-refractivity contribution >= 4 is 10.9 Å². The van der Waals surface area contributed by atoms with Crippen molar-refractivity contribution in [3.05, 3.63) is 41.6 Å². The number of aromatic nitrogens is 1. The highest BCUT2D eigenvalue weighted by Gasteiger charge is 2.17. The summed E-state index contributed by atoms with van der Waals surface area (Å²) < 4.78 is 0. The quantitative estimate of drug-likeness (QED) is 0.845. The molecule has 0 saturated heterocycles. The number of pyridine rings is 1. The Morgan fingerprint density at radius 2 is 2.06 bits per heavy atom. The molecule has 2 aromatic rings. The monoisotopic (exact) mass is 230 g/mol. The van der Waals surface area contributed by atoms with Crippen LogP contribution in [0.5, 0.6) is 0 Å². The molecular formula is C14H18N2O. The number of hydrogen-bond acceptors (Lipinski definition) is 3. The molecule has 3 N–H and O–H groups in total. The largest absolute Gasteiger partial charge is 0.394 e. The number of nitrogens with two attached hydrogens (primary N) is 1. The first-order valence-corrected chi connectivity index (χ1v) is 5.76. The number of hydrogen-bond donors (Lipinski definition) is 2. The fraction of sp³-hybridized carbons (Fsp3) is 0.357. The average molecular weight is 230 g/mol. The molecule has 1 unspecified atom stereocenters. The molecular weight excluding hydrogens is 212 g/mol. The molecule has 17 heavy (non-hydrogen) atoms. The standard InChI is InChI=1S/C14H18N2O/c1-10-3-5-12-7-11(4-6-13(12)16-10)8-14(2,15)9-17/h3-7,17H,8-9,15H2,1-2H3.